The zero-order chi connectivity index (χ0) is 11.6. The lowest BCUT2D eigenvalue weighted by Crippen LogP contribution is -2.30. The van der Waals surface area contributed by atoms with E-state index in [-0.39, 0.29) is 0 Å². The van der Waals surface area contributed by atoms with Crippen LogP contribution in [0.15, 0.2) is 28.7 Å². The van der Waals surface area contributed by atoms with E-state index < -0.39 is 5.67 Å². The van der Waals surface area contributed by atoms with E-state index in [2.05, 4.69) is 21.2 Å². The minimum atomic E-state index is -1.26. The quantitative estimate of drug-likeness (QED) is 0.891. The highest BCUT2D eigenvalue weighted by Gasteiger charge is 2.32. The van der Waals surface area contributed by atoms with Crippen LogP contribution >= 0.6 is 15.9 Å². The average Bonchev–Trinajstić information content (AvgIpc) is 2.70. The fraction of sp³-hybridized carbons (Fsp3) is 0.538. The standard InChI is InChI=1S/C13H17BrFN/c1-13(15,9-10-5-4-8-16-10)11-6-2-3-7-12(11)14/h2-3,6-7,10,16H,4-5,8-9H2,1H3. The first kappa shape index (κ1) is 12.1. The fourth-order valence-corrected chi connectivity index (χ4v) is 3.09. The van der Waals surface area contributed by atoms with Crippen LogP contribution in [0.25, 0.3) is 0 Å². The third kappa shape index (κ3) is 2.64. The molecule has 0 aromatic heterocycles. The summed E-state index contributed by atoms with van der Waals surface area (Å²) in [6.07, 6.45) is 2.80. The number of benzene rings is 1. The number of alkyl halides is 1. The van der Waals surface area contributed by atoms with Crippen molar-refractivity contribution in [2.24, 2.45) is 0 Å². The molecule has 3 heteroatoms. The lowest BCUT2D eigenvalue weighted by atomic mass is 9.90. The van der Waals surface area contributed by atoms with Gasteiger partial charge in [-0.15, -0.1) is 0 Å². The molecule has 0 saturated carbocycles. The molecule has 1 aromatic carbocycles. The number of hydrogen-bond acceptors (Lipinski definition) is 1. The Morgan fingerprint density at radius 2 is 2.25 bits per heavy atom. The van der Waals surface area contributed by atoms with Gasteiger partial charge in [-0.05, 0) is 32.4 Å². The van der Waals surface area contributed by atoms with Gasteiger partial charge in [-0.2, -0.15) is 0 Å². The van der Waals surface area contributed by atoms with Gasteiger partial charge in [-0.1, -0.05) is 34.1 Å². The third-order valence-electron chi connectivity index (χ3n) is 3.23. The van der Waals surface area contributed by atoms with Crippen LogP contribution in [-0.2, 0) is 5.67 Å². The number of rotatable bonds is 3. The Labute approximate surface area is 105 Å². The summed E-state index contributed by atoms with van der Waals surface area (Å²) in [4.78, 5) is 0. The second-order valence-electron chi connectivity index (χ2n) is 4.67. The molecule has 0 bridgehead atoms. The van der Waals surface area contributed by atoms with Crippen molar-refractivity contribution in [3.05, 3.63) is 34.3 Å². The maximum atomic E-state index is 14.7. The maximum absolute atomic E-state index is 14.7. The van der Waals surface area contributed by atoms with Crippen molar-refractivity contribution in [2.45, 2.75) is 37.9 Å². The molecule has 1 aromatic rings. The Morgan fingerprint density at radius 1 is 1.50 bits per heavy atom. The van der Waals surface area contributed by atoms with Gasteiger partial charge in [0.1, 0.15) is 5.67 Å². The van der Waals surface area contributed by atoms with Crippen LogP contribution in [0, 0.1) is 0 Å². The molecule has 1 nitrogen and oxygen atoms in total. The van der Waals surface area contributed by atoms with E-state index in [1.54, 1.807) is 6.92 Å². The molecule has 0 amide bonds. The van der Waals surface area contributed by atoms with Crippen LogP contribution in [0.3, 0.4) is 0 Å². The van der Waals surface area contributed by atoms with Crippen molar-refractivity contribution < 1.29 is 4.39 Å². The Morgan fingerprint density at radius 3 is 2.88 bits per heavy atom. The third-order valence-corrected chi connectivity index (χ3v) is 3.92. The molecular weight excluding hydrogens is 269 g/mol. The summed E-state index contributed by atoms with van der Waals surface area (Å²) in [6.45, 7) is 2.70. The van der Waals surface area contributed by atoms with E-state index >= 15 is 0 Å². The highest BCUT2D eigenvalue weighted by molar-refractivity contribution is 9.10. The Bertz CT molecular complexity index is 359. The van der Waals surface area contributed by atoms with Crippen LogP contribution in [0.5, 0.6) is 0 Å². The summed E-state index contributed by atoms with van der Waals surface area (Å²) in [7, 11) is 0. The molecule has 1 saturated heterocycles. The zero-order valence-corrected chi connectivity index (χ0v) is 11.1. The number of halogens is 2. The van der Waals surface area contributed by atoms with Crippen LogP contribution in [-0.4, -0.2) is 12.6 Å². The van der Waals surface area contributed by atoms with Crippen LogP contribution in [0.1, 0.15) is 31.7 Å². The summed E-state index contributed by atoms with van der Waals surface area (Å²) in [6, 6.07) is 7.88. The molecule has 1 heterocycles. The molecule has 0 spiro atoms. The smallest absolute Gasteiger partial charge is 0.135 e. The topological polar surface area (TPSA) is 12.0 Å². The average molecular weight is 286 g/mol. The van der Waals surface area contributed by atoms with E-state index in [9.17, 15) is 4.39 Å². The lowest BCUT2D eigenvalue weighted by molar-refractivity contribution is 0.158. The summed E-state index contributed by atoms with van der Waals surface area (Å²) >= 11 is 3.42. The van der Waals surface area contributed by atoms with Gasteiger partial charge in [0.15, 0.2) is 0 Å². The molecule has 1 aliphatic heterocycles. The highest BCUT2D eigenvalue weighted by Crippen LogP contribution is 2.36. The largest absolute Gasteiger partial charge is 0.314 e. The van der Waals surface area contributed by atoms with Gasteiger partial charge in [-0.3, -0.25) is 0 Å². The van der Waals surface area contributed by atoms with Crippen molar-refractivity contribution in [2.75, 3.05) is 6.54 Å². The van der Waals surface area contributed by atoms with Crippen molar-refractivity contribution in [1.82, 2.24) is 5.32 Å². The van der Waals surface area contributed by atoms with Gasteiger partial charge >= 0.3 is 0 Å². The molecule has 2 rings (SSSR count). The monoisotopic (exact) mass is 285 g/mol. The molecule has 0 radical (unpaired) electrons. The predicted octanol–water partition coefficient (Wildman–Crippen LogP) is 3.78. The van der Waals surface area contributed by atoms with Gasteiger partial charge in [0.2, 0.25) is 0 Å². The summed E-state index contributed by atoms with van der Waals surface area (Å²) in [5.74, 6) is 0. The Hall–Kier alpha value is -0.410. The van der Waals surface area contributed by atoms with Gasteiger partial charge < -0.3 is 5.32 Å². The molecule has 1 N–H and O–H groups in total. The van der Waals surface area contributed by atoms with Gasteiger partial charge in [0.05, 0.1) is 0 Å². The summed E-state index contributed by atoms with van der Waals surface area (Å²) in [5.41, 5.74) is -0.508. The Kier molecular flexibility index (Phi) is 3.65. The van der Waals surface area contributed by atoms with Gasteiger partial charge in [0.25, 0.3) is 0 Å². The number of nitrogens with one attached hydrogen (secondary N) is 1. The lowest BCUT2D eigenvalue weighted by Gasteiger charge is -2.25. The first-order chi connectivity index (χ1) is 7.59. The molecule has 88 valence electrons. The molecule has 2 atom stereocenters. The molecule has 2 unspecified atom stereocenters. The molecule has 0 aliphatic carbocycles. The molecule has 1 fully saturated rings. The minimum Gasteiger partial charge on any atom is -0.314 e. The van der Waals surface area contributed by atoms with Crippen LogP contribution < -0.4 is 5.32 Å². The van der Waals surface area contributed by atoms with E-state index in [0.717, 1.165) is 29.4 Å². The van der Waals surface area contributed by atoms with Crippen molar-refractivity contribution in [1.29, 1.82) is 0 Å². The van der Waals surface area contributed by atoms with Crippen LogP contribution in [0.4, 0.5) is 4.39 Å². The first-order valence-electron chi connectivity index (χ1n) is 5.77. The summed E-state index contributed by atoms with van der Waals surface area (Å²) in [5, 5.41) is 3.35. The number of hydrogen-bond donors (Lipinski definition) is 1. The van der Waals surface area contributed by atoms with Crippen LogP contribution in [0.2, 0.25) is 0 Å². The normalized spacial score (nSPS) is 24.3. The van der Waals surface area contributed by atoms with Crippen molar-refractivity contribution in [3.8, 4) is 0 Å². The molecule has 1 aliphatic rings. The van der Waals surface area contributed by atoms with E-state index in [1.807, 2.05) is 24.3 Å². The maximum Gasteiger partial charge on any atom is 0.135 e. The SMILES string of the molecule is CC(F)(CC1CCCN1)c1ccccc1Br. The fourth-order valence-electron chi connectivity index (χ4n) is 2.39. The van der Waals surface area contributed by atoms with E-state index in [0.29, 0.717) is 12.5 Å². The Balaban J connectivity index is 2.14. The second-order valence-corrected chi connectivity index (χ2v) is 5.53. The van der Waals surface area contributed by atoms with Crippen molar-refractivity contribution >= 4 is 15.9 Å². The van der Waals surface area contributed by atoms with E-state index in [1.165, 1.54) is 0 Å². The molecule has 16 heavy (non-hydrogen) atoms. The van der Waals surface area contributed by atoms with Crippen molar-refractivity contribution in [3.63, 3.8) is 0 Å². The zero-order valence-electron chi connectivity index (χ0n) is 9.47. The highest BCUT2D eigenvalue weighted by atomic mass is 79.9. The predicted molar refractivity (Wildman–Crippen MR) is 68.2 cm³/mol. The summed E-state index contributed by atoms with van der Waals surface area (Å²) < 4.78 is 15.5. The second kappa shape index (κ2) is 4.84. The van der Waals surface area contributed by atoms with Gasteiger partial charge in [0, 0.05) is 22.5 Å². The van der Waals surface area contributed by atoms with Gasteiger partial charge in [-0.25, -0.2) is 4.39 Å². The molecular formula is C13H17BrFN. The minimum absolute atomic E-state index is 0.321. The first-order valence-corrected chi connectivity index (χ1v) is 6.56. The van der Waals surface area contributed by atoms with E-state index in [4.69, 9.17) is 0 Å².